The summed E-state index contributed by atoms with van der Waals surface area (Å²) in [6.45, 7) is 10.2. The van der Waals surface area contributed by atoms with Crippen molar-refractivity contribution in [2.75, 3.05) is 6.61 Å². The Balaban J connectivity index is 1.95. The van der Waals surface area contributed by atoms with Crippen LogP contribution in [0.5, 0.6) is 0 Å². The lowest BCUT2D eigenvalue weighted by molar-refractivity contribution is 0.0884. The predicted molar refractivity (Wildman–Crippen MR) is 111 cm³/mol. The molecule has 0 amide bonds. The fraction of sp³-hybridized carbons (Fsp3) is 0.389. The van der Waals surface area contributed by atoms with Crippen LogP contribution in [0.15, 0.2) is 35.3 Å². The zero-order chi connectivity index (χ0) is 18.7. The van der Waals surface area contributed by atoms with Crippen molar-refractivity contribution < 1.29 is 4.74 Å². The summed E-state index contributed by atoms with van der Waals surface area (Å²) in [5.41, 5.74) is 2.01. The van der Waals surface area contributed by atoms with Crippen LogP contribution in [-0.4, -0.2) is 29.4 Å². The molecular weight excluding hydrogens is 384 g/mol. The molecule has 0 radical (unpaired) electrons. The first-order valence-electron chi connectivity index (χ1n) is 8.54. The monoisotopic (exact) mass is 406 g/mol. The van der Waals surface area contributed by atoms with Crippen LogP contribution in [0.25, 0.3) is 10.2 Å². The minimum atomic E-state index is -1.11. The third kappa shape index (κ3) is 4.79. The van der Waals surface area contributed by atoms with Crippen molar-refractivity contribution >= 4 is 47.0 Å². The second-order valence-corrected chi connectivity index (χ2v) is 14.4. The molecule has 1 aromatic carbocycles. The van der Waals surface area contributed by atoms with E-state index < -0.39 is 8.07 Å². The quantitative estimate of drug-likeness (QED) is 0.427. The normalized spacial score (nSPS) is 12.9. The Labute approximate surface area is 163 Å². The maximum absolute atomic E-state index is 5.98. The van der Waals surface area contributed by atoms with Gasteiger partial charge < -0.3 is 4.74 Å². The highest BCUT2D eigenvalue weighted by Gasteiger charge is 2.13. The summed E-state index contributed by atoms with van der Waals surface area (Å²) in [6, 6.07) is 11.2. The Bertz CT molecular complexity index is 977. The van der Waals surface area contributed by atoms with Crippen LogP contribution in [0.4, 0.5) is 5.82 Å². The lowest BCUT2D eigenvalue weighted by atomic mass is 10.3. The van der Waals surface area contributed by atoms with E-state index in [2.05, 4.69) is 46.5 Å². The summed E-state index contributed by atoms with van der Waals surface area (Å²) in [6.07, 6.45) is 0. The van der Waals surface area contributed by atoms with E-state index in [1.54, 1.807) is 17.4 Å². The average Bonchev–Trinajstić information content (AvgIpc) is 2.91. The maximum atomic E-state index is 5.98. The number of fused-ring (bicyclic) bond motifs is 1. The van der Waals surface area contributed by atoms with Gasteiger partial charge in [-0.3, -0.25) is 4.57 Å². The molecule has 3 rings (SSSR count). The molecule has 0 fully saturated rings. The number of ether oxygens (including phenoxy) is 1. The van der Waals surface area contributed by atoms with Crippen molar-refractivity contribution in [3.63, 3.8) is 0 Å². The number of aryl methyl sites for hydroxylation is 1. The molecule has 0 saturated carbocycles. The number of rotatable bonds is 6. The van der Waals surface area contributed by atoms with E-state index in [9.17, 15) is 0 Å². The van der Waals surface area contributed by atoms with Crippen LogP contribution in [0.2, 0.25) is 30.8 Å². The van der Waals surface area contributed by atoms with Gasteiger partial charge in [-0.05, 0) is 36.7 Å². The third-order valence-corrected chi connectivity index (χ3v) is 6.88. The molecular formula is C18H23ClN4OSSi. The lowest BCUT2D eigenvalue weighted by Crippen LogP contribution is -2.23. The molecule has 138 valence electrons. The molecule has 2 heterocycles. The summed E-state index contributed by atoms with van der Waals surface area (Å²) in [7, 11) is -1.11. The molecule has 0 bridgehead atoms. The van der Waals surface area contributed by atoms with E-state index in [0.29, 0.717) is 17.7 Å². The summed E-state index contributed by atoms with van der Waals surface area (Å²) in [5.74, 6) is 0.580. The van der Waals surface area contributed by atoms with E-state index in [-0.39, 0.29) is 0 Å². The summed E-state index contributed by atoms with van der Waals surface area (Å²) in [5, 5.41) is 8.41. The van der Waals surface area contributed by atoms with Crippen molar-refractivity contribution in [2.24, 2.45) is 4.99 Å². The lowest BCUT2D eigenvalue weighted by Gasteiger charge is -2.15. The molecule has 5 nitrogen and oxygen atoms in total. The molecule has 0 aliphatic carbocycles. The van der Waals surface area contributed by atoms with Crippen LogP contribution in [-0.2, 0) is 11.5 Å². The van der Waals surface area contributed by atoms with Gasteiger partial charge in [-0.15, -0.1) is 10.2 Å². The predicted octanol–water partition coefficient (Wildman–Crippen LogP) is 5.00. The first-order chi connectivity index (χ1) is 12.3. The van der Waals surface area contributed by atoms with E-state index in [0.717, 1.165) is 28.5 Å². The van der Waals surface area contributed by atoms with Gasteiger partial charge in [0, 0.05) is 14.7 Å². The molecule has 26 heavy (non-hydrogen) atoms. The van der Waals surface area contributed by atoms with Crippen molar-refractivity contribution in [1.29, 1.82) is 0 Å². The number of nitrogens with zero attached hydrogens (tertiary/aromatic N) is 4. The fourth-order valence-electron chi connectivity index (χ4n) is 2.41. The van der Waals surface area contributed by atoms with Gasteiger partial charge in [0.2, 0.25) is 0 Å². The third-order valence-electron chi connectivity index (χ3n) is 3.94. The first-order valence-corrected chi connectivity index (χ1v) is 13.4. The van der Waals surface area contributed by atoms with Gasteiger partial charge in [-0.1, -0.05) is 54.7 Å². The Morgan fingerprint density at radius 3 is 2.73 bits per heavy atom. The minimum absolute atomic E-state index is 0.375. The second-order valence-electron chi connectivity index (χ2n) is 7.41. The average molecular weight is 407 g/mol. The molecule has 8 heteroatoms. The Kier molecular flexibility index (Phi) is 5.91. The summed E-state index contributed by atoms with van der Waals surface area (Å²) < 4.78 is 9.24. The smallest absolute Gasteiger partial charge is 0.194 e. The van der Waals surface area contributed by atoms with Crippen LogP contribution in [0.3, 0.4) is 0 Å². The number of thiazole rings is 1. The molecule has 0 N–H and O–H groups in total. The van der Waals surface area contributed by atoms with Crippen molar-refractivity contribution in [3.8, 4) is 0 Å². The van der Waals surface area contributed by atoms with Crippen LogP contribution in [0, 0.1) is 6.92 Å². The number of halogens is 1. The highest BCUT2D eigenvalue weighted by Crippen LogP contribution is 2.20. The van der Waals surface area contributed by atoms with Gasteiger partial charge >= 0.3 is 0 Å². The van der Waals surface area contributed by atoms with Crippen LogP contribution < -0.4 is 4.80 Å². The highest BCUT2D eigenvalue weighted by atomic mass is 35.5. The van der Waals surface area contributed by atoms with Crippen LogP contribution >= 0.6 is 22.9 Å². The zero-order valence-corrected chi connectivity index (χ0v) is 18.1. The largest absolute Gasteiger partial charge is 0.361 e. The number of hydrogen-bond acceptors (Lipinski definition) is 5. The van der Waals surface area contributed by atoms with E-state index in [1.165, 1.54) is 4.70 Å². The maximum Gasteiger partial charge on any atom is 0.194 e. The molecule has 0 spiro atoms. The molecule has 0 atom stereocenters. The molecule has 0 aliphatic heterocycles. The molecule has 2 aromatic heterocycles. The van der Waals surface area contributed by atoms with Gasteiger partial charge in [0.1, 0.15) is 6.73 Å². The Morgan fingerprint density at radius 2 is 2.00 bits per heavy atom. The van der Waals surface area contributed by atoms with Gasteiger partial charge in [-0.2, -0.15) is 4.99 Å². The standard InChI is InChI=1S/C18H23ClN4OSSi/c1-13-11-16(19)21-22-17(13)20-18-23(12-24-9-10-26(2,3)4)14-7-5-6-8-15(14)25-18/h5-8,11H,9-10,12H2,1-4H3. The molecule has 0 saturated heterocycles. The first kappa shape index (κ1) is 19.2. The molecule has 0 aliphatic rings. The van der Waals surface area contributed by atoms with E-state index in [4.69, 9.17) is 21.3 Å². The van der Waals surface area contributed by atoms with Crippen molar-refractivity contribution in [3.05, 3.63) is 45.8 Å². The highest BCUT2D eigenvalue weighted by molar-refractivity contribution is 7.16. The van der Waals surface area contributed by atoms with Gasteiger partial charge in [0.05, 0.1) is 10.2 Å². The Morgan fingerprint density at radius 1 is 1.23 bits per heavy atom. The topological polar surface area (TPSA) is 52.3 Å². The van der Waals surface area contributed by atoms with Crippen molar-refractivity contribution in [1.82, 2.24) is 14.8 Å². The summed E-state index contributed by atoms with van der Waals surface area (Å²) >= 11 is 7.52. The number of aromatic nitrogens is 3. The Hall–Kier alpha value is -1.54. The van der Waals surface area contributed by atoms with Gasteiger partial charge in [-0.25, -0.2) is 0 Å². The minimum Gasteiger partial charge on any atom is -0.361 e. The molecule has 0 unspecified atom stereocenters. The SMILES string of the molecule is Cc1cc(Cl)nnc1N=c1sc2ccccc2n1COCC[Si](C)(C)C. The number of benzene rings is 1. The zero-order valence-electron chi connectivity index (χ0n) is 15.5. The second kappa shape index (κ2) is 8.00. The van der Waals surface area contributed by atoms with E-state index >= 15 is 0 Å². The number of para-hydroxylation sites is 1. The molecule has 3 aromatic rings. The fourth-order valence-corrected chi connectivity index (χ4v) is 4.39. The van der Waals surface area contributed by atoms with Crippen LogP contribution in [0.1, 0.15) is 5.56 Å². The van der Waals surface area contributed by atoms with Gasteiger partial charge in [0.15, 0.2) is 15.8 Å². The van der Waals surface area contributed by atoms with Crippen molar-refractivity contribution in [2.45, 2.75) is 39.3 Å². The summed E-state index contributed by atoms with van der Waals surface area (Å²) in [4.78, 5) is 5.57. The van der Waals surface area contributed by atoms with Gasteiger partial charge in [0.25, 0.3) is 0 Å². The van der Waals surface area contributed by atoms with E-state index in [1.807, 2.05) is 19.1 Å². The number of hydrogen-bond donors (Lipinski definition) is 0.